The molecule has 0 unspecified atom stereocenters. The summed E-state index contributed by atoms with van der Waals surface area (Å²) in [5, 5.41) is 2.89. The molecule has 0 spiro atoms. The molecule has 116 valence electrons. The van der Waals surface area contributed by atoms with Crippen LogP contribution in [0.3, 0.4) is 0 Å². The van der Waals surface area contributed by atoms with E-state index in [9.17, 15) is 9.59 Å². The summed E-state index contributed by atoms with van der Waals surface area (Å²) in [5.74, 6) is -0.0830. The molecule has 0 aliphatic rings. The number of ketones is 1. The molecule has 0 fully saturated rings. The Labute approximate surface area is 134 Å². The van der Waals surface area contributed by atoms with E-state index in [-0.39, 0.29) is 30.6 Å². The van der Waals surface area contributed by atoms with Crippen LogP contribution in [0.1, 0.15) is 51.5 Å². The molecule has 2 aromatic rings. The zero-order chi connectivity index (χ0) is 16.1. The van der Waals surface area contributed by atoms with E-state index in [1.54, 1.807) is 23.7 Å². The van der Waals surface area contributed by atoms with Gasteiger partial charge in [-0.1, -0.05) is 6.07 Å². The van der Waals surface area contributed by atoms with Crippen LogP contribution in [0.2, 0.25) is 0 Å². The normalized spacial score (nSPS) is 12.0. The summed E-state index contributed by atoms with van der Waals surface area (Å²) in [5.41, 5.74) is 1.70. The highest BCUT2D eigenvalue weighted by Gasteiger charge is 2.15. The first-order valence-electron chi connectivity index (χ1n) is 7.27. The van der Waals surface area contributed by atoms with Crippen LogP contribution in [0.25, 0.3) is 0 Å². The van der Waals surface area contributed by atoms with Gasteiger partial charge in [0, 0.05) is 40.6 Å². The SMILES string of the molecule is Cc1cc(C(=O)CCC(=O)N[C@H](C)c2cccnc2)c(C)s1. The average Bonchev–Trinajstić information content (AvgIpc) is 2.84. The van der Waals surface area contributed by atoms with Crippen LogP contribution < -0.4 is 5.32 Å². The Kier molecular flexibility index (Phi) is 5.44. The molecule has 2 rings (SSSR count). The van der Waals surface area contributed by atoms with E-state index in [4.69, 9.17) is 0 Å². The molecule has 0 saturated carbocycles. The van der Waals surface area contributed by atoms with Crippen molar-refractivity contribution in [1.82, 2.24) is 10.3 Å². The van der Waals surface area contributed by atoms with Gasteiger partial charge in [-0.05, 0) is 38.5 Å². The van der Waals surface area contributed by atoms with Gasteiger partial charge in [-0.25, -0.2) is 0 Å². The van der Waals surface area contributed by atoms with E-state index >= 15 is 0 Å². The summed E-state index contributed by atoms with van der Waals surface area (Å²) >= 11 is 1.61. The molecule has 2 aromatic heterocycles. The van der Waals surface area contributed by atoms with Crippen LogP contribution in [-0.2, 0) is 4.79 Å². The van der Waals surface area contributed by atoms with Gasteiger partial charge < -0.3 is 5.32 Å². The molecule has 5 heteroatoms. The van der Waals surface area contributed by atoms with Gasteiger partial charge in [0.1, 0.15) is 0 Å². The molecule has 0 aliphatic heterocycles. The van der Waals surface area contributed by atoms with Gasteiger partial charge in [0.25, 0.3) is 0 Å². The molecule has 0 aliphatic carbocycles. The Morgan fingerprint density at radius 1 is 1.32 bits per heavy atom. The second-order valence-corrected chi connectivity index (χ2v) is 6.79. The Bertz CT molecular complexity index is 665. The second-order valence-electron chi connectivity index (χ2n) is 5.33. The lowest BCUT2D eigenvalue weighted by Gasteiger charge is -2.13. The first kappa shape index (κ1) is 16.4. The number of rotatable bonds is 6. The number of amides is 1. The quantitative estimate of drug-likeness (QED) is 0.828. The van der Waals surface area contributed by atoms with Gasteiger partial charge in [-0.2, -0.15) is 0 Å². The number of aryl methyl sites for hydroxylation is 2. The fraction of sp³-hybridized carbons (Fsp3) is 0.353. The molecule has 1 N–H and O–H groups in total. The molecular formula is C17H20N2O2S. The number of nitrogens with one attached hydrogen (secondary N) is 1. The predicted octanol–water partition coefficient (Wildman–Crippen LogP) is 3.60. The first-order valence-corrected chi connectivity index (χ1v) is 8.08. The summed E-state index contributed by atoms with van der Waals surface area (Å²) in [6.07, 6.45) is 3.87. The third-order valence-corrected chi connectivity index (χ3v) is 4.45. The maximum absolute atomic E-state index is 12.2. The third-order valence-electron chi connectivity index (χ3n) is 3.48. The Balaban J connectivity index is 1.85. The second kappa shape index (κ2) is 7.31. The minimum atomic E-state index is -0.116. The van der Waals surface area contributed by atoms with E-state index in [0.29, 0.717) is 0 Å². The maximum Gasteiger partial charge on any atom is 0.220 e. The predicted molar refractivity (Wildman–Crippen MR) is 88.2 cm³/mol. The fourth-order valence-electron chi connectivity index (χ4n) is 2.30. The molecule has 0 saturated heterocycles. The van der Waals surface area contributed by atoms with Crippen molar-refractivity contribution < 1.29 is 9.59 Å². The molecule has 2 heterocycles. The number of nitrogens with zero attached hydrogens (tertiary/aromatic N) is 1. The highest BCUT2D eigenvalue weighted by atomic mass is 32.1. The molecule has 1 atom stereocenters. The topological polar surface area (TPSA) is 59.1 Å². The minimum absolute atomic E-state index is 0.0334. The van der Waals surface area contributed by atoms with E-state index in [2.05, 4.69) is 10.3 Å². The molecule has 22 heavy (non-hydrogen) atoms. The van der Waals surface area contributed by atoms with Gasteiger partial charge in [0.15, 0.2) is 5.78 Å². The van der Waals surface area contributed by atoms with Crippen molar-refractivity contribution in [2.75, 3.05) is 0 Å². The van der Waals surface area contributed by atoms with Crippen LogP contribution in [-0.4, -0.2) is 16.7 Å². The monoisotopic (exact) mass is 316 g/mol. The summed E-state index contributed by atoms with van der Waals surface area (Å²) in [7, 11) is 0. The van der Waals surface area contributed by atoms with Crippen molar-refractivity contribution in [3.63, 3.8) is 0 Å². The highest BCUT2D eigenvalue weighted by molar-refractivity contribution is 7.12. The number of thiophene rings is 1. The van der Waals surface area contributed by atoms with Crippen molar-refractivity contribution in [3.8, 4) is 0 Å². The van der Waals surface area contributed by atoms with Crippen LogP contribution in [0.5, 0.6) is 0 Å². The van der Waals surface area contributed by atoms with Crippen LogP contribution in [0.4, 0.5) is 0 Å². The first-order chi connectivity index (χ1) is 10.5. The van der Waals surface area contributed by atoms with Gasteiger partial charge in [0.2, 0.25) is 5.91 Å². The van der Waals surface area contributed by atoms with Crippen molar-refractivity contribution in [2.24, 2.45) is 0 Å². The van der Waals surface area contributed by atoms with Gasteiger partial charge in [-0.3, -0.25) is 14.6 Å². The summed E-state index contributed by atoms with van der Waals surface area (Å²) in [6, 6.07) is 5.55. The Hall–Kier alpha value is -2.01. The fourth-order valence-corrected chi connectivity index (χ4v) is 3.24. The number of carbonyl (C=O) groups excluding carboxylic acids is 2. The van der Waals surface area contributed by atoms with E-state index in [1.165, 1.54) is 0 Å². The summed E-state index contributed by atoms with van der Waals surface area (Å²) < 4.78 is 0. The van der Waals surface area contributed by atoms with Gasteiger partial charge in [-0.15, -0.1) is 11.3 Å². The molecule has 0 bridgehead atoms. The highest BCUT2D eigenvalue weighted by Crippen LogP contribution is 2.22. The van der Waals surface area contributed by atoms with Crippen LogP contribution in [0.15, 0.2) is 30.6 Å². The minimum Gasteiger partial charge on any atom is -0.350 e. The zero-order valence-electron chi connectivity index (χ0n) is 13.1. The lowest BCUT2D eigenvalue weighted by atomic mass is 10.1. The average molecular weight is 316 g/mol. The number of hydrogen-bond acceptors (Lipinski definition) is 4. The largest absolute Gasteiger partial charge is 0.350 e. The van der Waals surface area contributed by atoms with Crippen molar-refractivity contribution in [2.45, 2.75) is 39.7 Å². The lowest BCUT2D eigenvalue weighted by Crippen LogP contribution is -2.27. The molecule has 4 nitrogen and oxygen atoms in total. The van der Waals surface area contributed by atoms with E-state index in [1.807, 2.05) is 39.0 Å². The van der Waals surface area contributed by atoms with E-state index < -0.39 is 0 Å². The number of Topliss-reactive ketones (excluding diaryl/α,β-unsaturated/α-hetero) is 1. The van der Waals surface area contributed by atoms with Crippen molar-refractivity contribution in [3.05, 3.63) is 51.5 Å². The van der Waals surface area contributed by atoms with Crippen LogP contribution >= 0.6 is 11.3 Å². The van der Waals surface area contributed by atoms with Gasteiger partial charge in [0.05, 0.1) is 6.04 Å². The van der Waals surface area contributed by atoms with Crippen molar-refractivity contribution >= 4 is 23.0 Å². The standard InChI is InChI=1S/C17H20N2O2S/c1-11-9-15(13(3)22-11)16(20)6-7-17(21)19-12(2)14-5-4-8-18-10-14/h4-5,8-10,12H,6-7H2,1-3H3,(H,19,21)/t12-/m1/s1. The van der Waals surface area contributed by atoms with Crippen LogP contribution in [0, 0.1) is 13.8 Å². The molecule has 1 amide bonds. The summed E-state index contributed by atoms with van der Waals surface area (Å²) in [6.45, 7) is 5.83. The third kappa shape index (κ3) is 4.24. The lowest BCUT2D eigenvalue weighted by molar-refractivity contribution is -0.121. The molecule has 0 radical (unpaired) electrons. The molecule has 0 aromatic carbocycles. The van der Waals surface area contributed by atoms with Crippen molar-refractivity contribution in [1.29, 1.82) is 0 Å². The van der Waals surface area contributed by atoms with E-state index in [0.717, 1.165) is 20.9 Å². The number of carbonyl (C=O) groups is 2. The number of hydrogen-bond donors (Lipinski definition) is 1. The Morgan fingerprint density at radius 2 is 2.09 bits per heavy atom. The Morgan fingerprint density at radius 3 is 2.68 bits per heavy atom. The van der Waals surface area contributed by atoms with Gasteiger partial charge >= 0.3 is 0 Å². The zero-order valence-corrected chi connectivity index (χ0v) is 13.9. The molecular weight excluding hydrogens is 296 g/mol. The number of aromatic nitrogens is 1. The smallest absolute Gasteiger partial charge is 0.220 e. The number of pyridine rings is 1. The maximum atomic E-state index is 12.2. The summed E-state index contributed by atoms with van der Waals surface area (Å²) in [4.78, 5) is 30.3.